The van der Waals surface area contributed by atoms with Crippen molar-refractivity contribution in [3.63, 3.8) is 0 Å². The number of rotatable bonds is 1. The summed E-state index contributed by atoms with van der Waals surface area (Å²) in [5.41, 5.74) is 6.19. The van der Waals surface area contributed by atoms with Gasteiger partial charge in [0.25, 0.3) is 0 Å². The third-order valence-electron chi connectivity index (χ3n) is 2.43. The zero-order valence-electron chi connectivity index (χ0n) is 8.17. The van der Waals surface area contributed by atoms with E-state index in [0.29, 0.717) is 5.69 Å². The highest BCUT2D eigenvalue weighted by atomic mass is 32.2. The highest BCUT2D eigenvalue weighted by Gasteiger charge is 2.20. The lowest BCUT2D eigenvalue weighted by atomic mass is 10.2. The number of hydrogen-bond donors (Lipinski definition) is 1. The van der Waals surface area contributed by atoms with Crippen LogP contribution in [-0.4, -0.2) is 24.6 Å². The fraction of sp³-hybridized carbons (Fsp3) is 0.400. The van der Waals surface area contributed by atoms with E-state index in [9.17, 15) is 8.78 Å². The second kappa shape index (κ2) is 4.26. The third-order valence-corrected chi connectivity index (χ3v) is 3.37. The van der Waals surface area contributed by atoms with E-state index >= 15 is 0 Å². The van der Waals surface area contributed by atoms with Gasteiger partial charge in [-0.25, -0.2) is 8.78 Å². The minimum absolute atomic E-state index is 0.218. The zero-order valence-corrected chi connectivity index (χ0v) is 8.99. The van der Waals surface area contributed by atoms with Crippen molar-refractivity contribution in [2.75, 3.05) is 35.2 Å². The summed E-state index contributed by atoms with van der Waals surface area (Å²) < 4.78 is 26.6. The summed E-state index contributed by atoms with van der Waals surface area (Å²) in [7, 11) is 0. The van der Waals surface area contributed by atoms with Gasteiger partial charge in [0, 0.05) is 24.6 Å². The van der Waals surface area contributed by atoms with Gasteiger partial charge in [0.2, 0.25) is 0 Å². The van der Waals surface area contributed by atoms with Crippen molar-refractivity contribution in [3.8, 4) is 0 Å². The van der Waals surface area contributed by atoms with Crippen LogP contribution in [0.4, 0.5) is 20.2 Å². The van der Waals surface area contributed by atoms with E-state index < -0.39 is 11.6 Å². The predicted molar refractivity (Wildman–Crippen MR) is 60.3 cm³/mol. The summed E-state index contributed by atoms with van der Waals surface area (Å²) in [5.74, 6) is 0.185. The van der Waals surface area contributed by atoms with E-state index in [-0.39, 0.29) is 5.69 Å². The van der Waals surface area contributed by atoms with Crippen LogP contribution >= 0.6 is 11.8 Å². The van der Waals surface area contributed by atoms with E-state index in [2.05, 4.69) is 0 Å². The smallest absolute Gasteiger partial charge is 0.184 e. The average molecular weight is 230 g/mol. The Morgan fingerprint density at radius 1 is 1.20 bits per heavy atom. The maximum Gasteiger partial charge on any atom is 0.184 e. The normalized spacial score (nSPS) is 16.8. The van der Waals surface area contributed by atoms with Crippen molar-refractivity contribution in [3.05, 3.63) is 23.8 Å². The molecule has 1 aromatic rings. The Balaban J connectivity index is 2.36. The van der Waals surface area contributed by atoms with Crippen molar-refractivity contribution >= 4 is 23.1 Å². The topological polar surface area (TPSA) is 29.3 Å². The van der Waals surface area contributed by atoms with E-state index in [1.165, 1.54) is 6.07 Å². The minimum atomic E-state index is -0.836. The first-order valence-electron chi connectivity index (χ1n) is 4.76. The summed E-state index contributed by atoms with van der Waals surface area (Å²) >= 11 is 1.81. The Morgan fingerprint density at radius 3 is 2.53 bits per heavy atom. The van der Waals surface area contributed by atoms with E-state index in [1.54, 1.807) is 0 Å². The monoisotopic (exact) mass is 230 g/mol. The Labute approximate surface area is 91.4 Å². The maximum absolute atomic E-state index is 13.5. The lowest BCUT2D eigenvalue weighted by Gasteiger charge is -2.29. The molecule has 0 aliphatic carbocycles. The molecule has 2 N–H and O–H groups in total. The number of nitrogens with two attached hydrogens (primary N) is 1. The number of hydrogen-bond acceptors (Lipinski definition) is 3. The molecule has 0 amide bonds. The van der Waals surface area contributed by atoms with Gasteiger partial charge in [0.1, 0.15) is 0 Å². The van der Waals surface area contributed by atoms with Crippen molar-refractivity contribution in [1.82, 2.24) is 0 Å². The standard InChI is InChI=1S/C10H12F2N2S/c11-7-1-2-8(13)10(9(7)12)14-3-5-15-6-4-14/h1-2H,3-6,13H2. The first-order chi connectivity index (χ1) is 7.20. The van der Waals surface area contributed by atoms with Crippen LogP contribution in [-0.2, 0) is 0 Å². The minimum Gasteiger partial charge on any atom is -0.397 e. The second-order valence-corrected chi connectivity index (χ2v) is 4.62. The van der Waals surface area contributed by atoms with E-state index in [1.807, 2.05) is 16.7 Å². The molecule has 0 bridgehead atoms. The van der Waals surface area contributed by atoms with Crippen LogP contribution in [0.3, 0.4) is 0 Å². The largest absolute Gasteiger partial charge is 0.397 e. The van der Waals surface area contributed by atoms with Crippen molar-refractivity contribution in [2.24, 2.45) is 0 Å². The molecule has 15 heavy (non-hydrogen) atoms. The Kier molecular flexibility index (Phi) is 3.00. The lowest BCUT2D eigenvalue weighted by molar-refractivity contribution is 0.507. The van der Waals surface area contributed by atoms with Crippen molar-refractivity contribution in [1.29, 1.82) is 0 Å². The molecular weight excluding hydrogens is 218 g/mol. The first-order valence-corrected chi connectivity index (χ1v) is 5.92. The fourth-order valence-electron chi connectivity index (χ4n) is 1.66. The van der Waals surface area contributed by atoms with E-state index in [4.69, 9.17) is 5.73 Å². The average Bonchev–Trinajstić information content (AvgIpc) is 2.26. The zero-order chi connectivity index (χ0) is 10.8. The molecule has 0 unspecified atom stereocenters. The summed E-state index contributed by atoms with van der Waals surface area (Å²) in [6.07, 6.45) is 0. The molecule has 2 nitrogen and oxygen atoms in total. The van der Waals surface area contributed by atoms with Crippen LogP contribution in [0.25, 0.3) is 0 Å². The summed E-state index contributed by atoms with van der Waals surface area (Å²) in [6.45, 7) is 1.44. The summed E-state index contributed by atoms with van der Waals surface area (Å²) in [6, 6.07) is 2.47. The Hall–Kier alpha value is -0.970. The fourth-order valence-corrected chi connectivity index (χ4v) is 2.57. The van der Waals surface area contributed by atoms with E-state index in [0.717, 1.165) is 30.7 Å². The molecule has 82 valence electrons. The molecule has 1 heterocycles. The number of halogens is 2. The van der Waals surface area contributed by atoms with Gasteiger partial charge >= 0.3 is 0 Å². The van der Waals surface area contributed by atoms with Crippen molar-refractivity contribution in [2.45, 2.75) is 0 Å². The van der Waals surface area contributed by atoms with Crippen LogP contribution in [0.15, 0.2) is 12.1 Å². The van der Waals surface area contributed by atoms with Crippen LogP contribution in [0.1, 0.15) is 0 Å². The first kappa shape index (κ1) is 10.5. The lowest BCUT2D eigenvalue weighted by Crippen LogP contribution is -2.33. The van der Waals surface area contributed by atoms with Gasteiger partial charge in [-0.1, -0.05) is 0 Å². The molecule has 2 rings (SSSR count). The predicted octanol–water partition coefficient (Wildman–Crippen LogP) is 2.10. The molecule has 0 atom stereocenters. The number of nitrogen functional groups attached to an aromatic ring is 1. The second-order valence-electron chi connectivity index (χ2n) is 3.40. The maximum atomic E-state index is 13.5. The summed E-state index contributed by atoms with van der Waals surface area (Å²) in [4.78, 5) is 1.81. The van der Waals surface area contributed by atoms with Gasteiger partial charge in [0.05, 0.1) is 11.4 Å². The molecule has 1 aliphatic rings. The Bertz CT molecular complexity index is 365. The molecule has 0 spiro atoms. The summed E-state index contributed by atoms with van der Waals surface area (Å²) in [5, 5.41) is 0. The molecule has 1 aliphatic heterocycles. The molecule has 1 saturated heterocycles. The van der Waals surface area contributed by atoms with Gasteiger partial charge in [-0.05, 0) is 12.1 Å². The van der Waals surface area contributed by atoms with Gasteiger partial charge in [-0.2, -0.15) is 11.8 Å². The SMILES string of the molecule is Nc1ccc(F)c(F)c1N1CCSCC1. The quantitative estimate of drug-likeness (QED) is 0.749. The number of nitrogens with zero attached hydrogens (tertiary/aromatic N) is 1. The molecule has 0 aromatic heterocycles. The van der Waals surface area contributed by atoms with Crippen LogP contribution in [0, 0.1) is 11.6 Å². The van der Waals surface area contributed by atoms with Crippen LogP contribution < -0.4 is 10.6 Å². The van der Waals surface area contributed by atoms with Gasteiger partial charge in [-0.15, -0.1) is 0 Å². The number of thioether (sulfide) groups is 1. The molecule has 1 fully saturated rings. The Morgan fingerprint density at radius 2 is 1.87 bits per heavy atom. The molecule has 0 saturated carbocycles. The number of anilines is 2. The van der Waals surface area contributed by atoms with Crippen LogP contribution in [0.2, 0.25) is 0 Å². The van der Waals surface area contributed by atoms with Gasteiger partial charge in [-0.3, -0.25) is 0 Å². The highest BCUT2D eigenvalue weighted by Crippen LogP contribution is 2.30. The third kappa shape index (κ3) is 2.02. The highest BCUT2D eigenvalue weighted by molar-refractivity contribution is 7.99. The number of benzene rings is 1. The molecule has 1 aromatic carbocycles. The van der Waals surface area contributed by atoms with Gasteiger partial charge in [0.15, 0.2) is 11.6 Å². The van der Waals surface area contributed by atoms with Crippen molar-refractivity contribution < 1.29 is 8.78 Å². The molecule has 0 radical (unpaired) electrons. The van der Waals surface area contributed by atoms with Gasteiger partial charge < -0.3 is 10.6 Å². The van der Waals surface area contributed by atoms with Crippen LogP contribution in [0.5, 0.6) is 0 Å². The molecular formula is C10H12F2N2S. The molecule has 5 heteroatoms.